The topological polar surface area (TPSA) is 78.5 Å². The first-order valence-electron chi connectivity index (χ1n) is 9.48. The molecule has 0 aromatic heterocycles. The van der Waals surface area contributed by atoms with Crippen molar-refractivity contribution in [2.75, 3.05) is 30.6 Å². The fourth-order valence-corrected chi connectivity index (χ4v) is 4.14. The highest BCUT2D eigenvalue weighted by molar-refractivity contribution is 7.92. The minimum atomic E-state index is -3.31. The van der Waals surface area contributed by atoms with E-state index >= 15 is 0 Å². The number of benzene rings is 2. The zero-order valence-corrected chi connectivity index (χ0v) is 17.1. The quantitative estimate of drug-likeness (QED) is 0.748. The lowest BCUT2D eigenvalue weighted by Gasteiger charge is -2.24. The predicted molar refractivity (Wildman–Crippen MR) is 113 cm³/mol. The van der Waals surface area contributed by atoms with E-state index in [2.05, 4.69) is 14.9 Å². The van der Waals surface area contributed by atoms with Crippen LogP contribution in [0.15, 0.2) is 48.5 Å². The summed E-state index contributed by atoms with van der Waals surface area (Å²) in [6.45, 7) is 4.51. The molecule has 6 nitrogen and oxygen atoms in total. The molecule has 0 bridgehead atoms. The normalized spacial score (nSPS) is 15.9. The van der Waals surface area contributed by atoms with Crippen molar-refractivity contribution < 1.29 is 13.2 Å². The molecule has 1 heterocycles. The van der Waals surface area contributed by atoms with E-state index < -0.39 is 10.0 Å². The molecule has 2 aromatic rings. The molecular formula is C21H27N3O3S. The van der Waals surface area contributed by atoms with Crippen LogP contribution in [-0.2, 0) is 14.8 Å². The first-order valence-corrected chi connectivity index (χ1v) is 11.4. The van der Waals surface area contributed by atoms with Gasteiger partial charge in [-0.3, -0.25) is 9.52 Å². The van der Waals surface area contributed by atoms with Crippen LogP contribution in [0.1, 0.15) is 31.4 Å². The summed E-state index contributed by atoms with van der Waals surface area (Å²) in [4.78, 5) is 14.0. The number of anilines is 1. The van der Waals surface area contributed by atoms with Crippen LogP contribution >= 0.6 is 0 Å². The summed E-state index contributed by atoms with van der Waals surface area (Å²) in [5.74, 6) is -0.0344. The third-order valence-electron chi connectivity index (χ3n) is 4.83. The minimum absolute atomic E-state index is 0.0344. The van der Waals surface area contributed by atoms with Crippen molar-refractivity contribution in [2.45, 2.75) is 25.8 Å². The Labute approximate surface area is 167 Å². The second-order valence-corrected chi connectivity index (χ2v) is 9.09. The Hall–Kier alpha value is -2.38. The third kappa shape index (κ3) is 5.81. The van der Waals surface area contributed by atoms with Crippen LogP contribution in [0.4, 0.5) is 5.69 Å². The van der Waals surface area contributed by atoms with E-state index in [-0.39, 0.29) is 11.9 Å². The van der Waals surface area contributed by atoms with Gasteiger partial charge < -0.3 is 10.2 Å². The van der Waals surface area contributed by atoms with Gasteiger partial charge in [0.2, 0.25) is 15.9 Å². The number of sulfonamides is 1. The van der Waals surface area contributed by atoms with E-state index in [4.69, 9.17) is 0 Å². The van der Waals surface area contributed by atoms with E-state index in [1.54, 1.807) is 13.0 Å². The maximum absolute atomic E-state index is 11.7. The molecule has 1 unspecified atom stereocenters. The van der Waals surface area contributed by atoms with Crippen molar-refractivity contribution in [1.82, 2.24) is 10.2 Å². The van der Waals surface area contributed by atoms with Gasteiger partial charge in [0.25, 0.3) is 0 Å². The molecule has 1 aliphatic heterocycles. The van der Waals surface area contributed by atoms with Gasteiger partial charge in [-0.2, -0.15) is 0 Å². The molecule has 0 aliphatic carbocycles. The van der Waals surface area contributed by atoms with Gasteiger partial charge in [-0.25, -0.2) is 8.42 Å². The number of rotatable bonds is 7. The van der Waals surface area contributed by atoms with Gasteiger partial charge >= 0.3 is 0 Å². The molecule has 1 saturated heterocycles. The van der Waals surface area contributed by atoms with Crippen LogP contribution in [0, 0.1) is 0 Å². The molecule has 0 spiro atoms. The second-order valence-electron chi connectivity index (χ2n) is 7.34. The van der Waals surface area contributed by atoms with Gasteiger partial charge in [0, 0.05) is 19.2 Å². The lowest BCUT2D eigenvalue weighted by molar-refractivity contribution is -0.119. The number of nitrogens with one attached hydrogen (secondary N) is 2. The number of nitrogens with zero attached hydrogens (tertiary/aromatic N) is 1. The van der Waals surface area contributed by atoms with Crippen LogP contribution in [0.5, 0.6) is 0 Å². The summed E-state index contributed by atoms with van der Waals surface area (Å²) in [6.07, 6.45) is 3.56. The third-order valence-corrected chi connectivity index (χ3v) is 5.44. The lowest BCUT2D eigenvalue weighted by Crippen LogP contribution is -2.35. The van der Waals surface area contributed by atoms with Gasteiger partial charge in [-0.1, -0.05) is 36.4 Å². The van der Waals surface area contributed by atoms with Crippen molar-refractivity contribution >= 4 is 21.6 Å². The van der Waals surface area contributed by atoms with Gasteiger partial charge in [0.1, 0.15) is 0 Å². The monoisotopic (exact) mass is 401 g/mol. The van der Waals surface area contributed by atoms with E-state index in [0.717, 1.165) is 42.6 Å². The highest BCUT2D eigenvalue weighted by Crippen LogP contribution is 2.26. The van der Waals surface area contributed by atoms with E-state index in [0.29, 0.717) is 5.69 Å². The molecule has 1 atom stereocenters. The van der Waals surface area contributed by atoms with Gasteiger partial charge in [-0.05, 0) is 54.8 Å². The standard InChI is InChI=1S/C21H27N3O3S/c1-16(25)22-21(15-24-12-3-4-13-24)18-10-8-17(9-11-18)19-6-5-7-20(14-19)23-28(2,26)27/h5-11,14,21,23H,3-4,12-13,15H2,1-2H3,(H,22,25). The van der Waals surface area contributed by atoms with Crippen LogP contribution < -0.4 is 10.0 Å². The molecule has 1 fully saturated rings. The second kappa shape index (κ2) is 8.75. The summed E-state index contributed by atoms with van der Waals surface area (Å²) >= 11 is 0. The van der Waals surface area contributed by atoms with Crippen LogP contribution in [0.2, 0.25) is 0 Å². The lowest BCUT2D eigenvalue weighted by atomic mass is 10.00. The van der Waals surface area contributed by atoms with Crippen LogP contribution in [0.3, 0.4) is 0 Å². The zero-order valence-electron chi connectivity index (χ0n) is 16.3. The Morgan fingerprint density at radius 2 is 1.75 bits per heavy atom. The molecule has 28 heavy (non-hydrogen) atoms. The van der Waals surface area contributed by atoms with Gasteiger partial charge in [0.05, 0.1) is 12.3 Å². The molecule has 0 saturated carbocycles. The first-order chi connectivity index (χ1) is 13.3. The largest absolute Gasteiger partial charge is 0.348 e. The summed E-state index contributed by atoms with van der Waals surface area (Å²) in [5.41, 5.74) is 3.52. The summed E-state index contributed by atoms with van der Waals surface area (Å²) < 4.78 is 25.4. The minimum Gasteiger partial charge on any atom is -0.348 e. The number of hydrogen-bond donors (Lipinski definition) is 2. The number of amides is 1. The highest BCUT2D eigenvalue weighted by Gasteiger charge is 2.19. The molecule has 7 heteroatoms. The maximum atomic E-state index is 11.7. The molecule has 1 aliphatic rings. The highest BCUT2D eigenvalue weighted by atomic mass is 32.2. The Morgan fingerprint density at radius 1 is 1.07 bits per heavy atom. The first kappa shape index (κ1) is 20.4. The molecule has 150 valence electrons. The maximum Gasteiger partial charge on any atom is 0.229 e. The predicted octanol–water partition coefficient (Wildman–Crippen LogP) is 3.00. The average Bonchev–Trinajstić information content (AvgIpc) is 3.13. The summed E-state index contributed by atoms with van der Waals surface area (Å²) in [5, 5.41) is 3.06. The average molecular weight is 402 g/mol. The van der Waals surface area contributed by atoms with Crippen LogP contribution in [-0.4, -0.2) is 45.1 Å². The SMILES string of the molecule is CC(=O)NC(CN1CCCC1)c1ccc(-c2cccc(NS(C)(=O)=O)c2)cc1. The number of hydrogen-bond acceptors (Lipinski definition) is 4. The number of carbonyl (C=O) groups excluding carboxylic acids is 1. The Morgan fingerprint density at radius 3 is 2.36 bits per heavy atom. The Bertz CT molecular complexity index is 920. The molecular weight excluding hydrogens is 374 g/mol. The van der Waals surface area contributed by atoms with E-state index in [9.17, 15) is 13.2 Å². The summed E-state index contributed by atoms with van der Waals surface area (Å²) in [7, 11) is -3.31. The van der Waals surface area contributed by atoms with Crippen LogP contribution in [0.25, 0.3) is 11.1 Å². The Kier molecular flexibility index (Phi) is 6.36. The molecule has 3 rings (SSSR count). The molecule has 1 amide bonds. The smallest absolute Gasteiger partial charge is 0.229 e. The van der Waals surface area contributed by atoms with Crippen molar-refractivity contribution in [3.8, 4) is 11.1 Å². The van der Waals surface area contributed by atoms with Crippen molar-refractivity contribution in [1.29, 1.82) is 0 Å². The van der Waals surface area contributed by atoms with Crippen molar-refractivity contribution in [3.05, 3.63) is 54.1 Å². The molecule has 2 aromatic carbocycles. The zero-order chi connectivity index (χ0) is 20.1. The van der Waals surface area contributed by atoms with Crippen molar-refractivity contribution in [2.24, 2.45) is 0 Å². The van der Waals surface area contributed by atoms with Gasteiger partial charge in [-0.15, -0.1) is 0 Å². The Balaban J connectivity index is 1.79. The fraction of sp³-hybridized carbons (Fsp3) is 0.381. The van der Waals surface area contributed by atoms with E-state index in [1.807, 2.05) is 42.5 Å². The fourth-order valence-electron chi connectivity index (χ4n) is 3.59. The van der Waals surface area contributed by atoms with E-state index in [1.165, 1.54) is 12.8 Å². The summed E-state index contributed by atoms with van der Waals surface area (Å²) in [6, 6.07) is 15.3. The molecule has 0 radical (unpaired) electrons. The number of likely N-dealkylation sites (tertiary alicyclic amines) is 1. The van der Waals surface area contributed by atoms with Crippen molar-refractivity contribution in [3.63, 3.8) is 0 Å². The van der Waals surface area contributed by atoms with Gasteiger partial charge in [0.15, 0.2) is 0 Å². The molecule has 2 N–H and O–H groups in total. The number of carbonyl (C=O) groups is 1.